The minimum absolute atomic E-state index is 0.0219. The molecule has 2 atom stereocenters. The van der Waals surface area contributed by atoms with E-state index in [-0.39, 0.29) is 24.0 Å². The molecule has 0 amide bonds. The largest absolute Gasteiger partial charge is 0.462 e. The van der Waals surface area contributed by atoms with E-state index < -0.39 is 17.9 Å². The van der Waals surface area contributed by atoms with Gasteiger partial charge in [0.1, 0.15) is 12.8 Å². The van der Waals surface area contributed by atoms with Gasteiger partial charge in [0.05, 0.1) is 6.33 Å². The number of terminal acetylenes is 1. The zero-order valence-electron chi connectivity index (χ0n) is 16.6. The monoisotopic (exact) mass is 403 g/mol. The van der Waals surface area contributed by atoms with Crippen molar-refractivity contribution in [2.24, 2.45) is 0 Å². The third kappa shape index (κ3) is 4.82. The molecule has 1 saturated heterocycles. The average molecular weight is 403 g/mol. The molecule has 0 aliphatic carbocycles. The van der Waals surface area contributed by atoms with Crippen LogP contribution in [0.1, 0.15) is 64.5 Å². The number of carbonyl (C=O) groups is 1. The molecule has 0 bridgehead atoms. The number of ether oxygens (including phenoxy) is 2. The maximum atomic E-state index is 13.6. The lowest BCUT2D eigenvalue weighted by Crippen LogP contribution is -2.34. The van der Waals surface area contributed by atoms with E-state index in [2.05, 4.69) is 27.8 Å². The molecule has 2 N–H and O–H groups in total. The number of carbonyl (C=O) groups excluding carboxylic acids is 1. The fraction of sp³-hybridized carbons (Fsp3) is 0.600. The molecule has 0 spiro atoms. The first-order valence-corrected chi connectivity index (χ1v) is 9.95. The van der Waals surface area contributed by atoms with Gasteiger partial charge in [-0.2, -0.15) is 14.4 Å². The van der Waals surface area contributed by atoms with Crippen LogP contribution in [0.4, 0.5) is 10.2 Å². The number of hydrogen-bond donors (Lipinski definition) is 1. The average Bonchev–Trinajstić information content (AvgIpc) is 3.31. The predicted octanol–water partition coefficient (Wildman–Crippen LogP) is 3.13. The Labute approximate surface area is 169 Å². The van der Waals surface area contributed by atoms with E-state index in [0.717, 1.165) is 25.7 Å². The summed E-state index contributed by atoms with van der Waals surface area (Å²) in [6, 6.07) is 0. The number of fused-ring (bicyclic) bond motifs is 1. The fourth-order valence-electron chi connectivity index (χ4n) is 3.45. The fourth-order valence-corrected chi connectivity index (χ4v) is 3.45. The van der Waals surface area contributed by atoms with E-state index in [1.54, 1.807) is 4.57 Å². The molecule has 156 valence electrons. The zero-order valence-corrected chi connectivity index (χ0v) is 16.6. The van der Waals surface area contributed by atoms with Crippen molar-refractivity contribution in [2.45, 2.75) is 70.1 Å². The lowest BCUT2D eigenvalue weighted by molar-refractivity contribution is -0.152. The lowest BCUT2D eigenvalue weighted by atomic mass is 10.0. The van der Waals surface area contributed by atoms with Crippen LogP contribution in [0.3, 0.4) is 0 Å². The van der Waals surface area contributed by atoms with Gasteiger partial charge in [-0.3, -0.25) is 9.36 Å². The first-order valence-electron chi connectivity index (χ1n) is 9.95. The number of nitrogen functional groups attached to an aromatic ring is 1. The molecular formula is C20H26FN5O3. The molecule has 2 aromatic heterocycles. The number of nitrogens with two attached hydrogens (primary N) is 1. The Kier molecular flexibility index (Phi) is 6.64. The molecule has 2 aromatic rings. The number of aromatic nitrogens is 4. The van der Waals surface area contributed by atoms with Crippen LogP contribution in [0.2, 0.25) is 0 Å². The van der Waals surface area contributed by atoms with E-state index >= 15 is 0 Å². The molecule has 8 nitrogen and oxygen atoms in total. The Balaban J connectivity index is 1.59. The van der Waals surface area contributed by atoms with Gasteiger partial charge >= 0.3 is 12.0 Å². The highest BCUT2D eigenvalue weighted by atomic mass is 19.1. The molecule has 1 aliphatic heterocycles. The quantitative estimate of drug-likeness (QED) is 0.297. The van der Waals surface area contributed by atoms with Crippen molar-refractivity contribution in [1.82, 2.24) is 19.5 Å². The minimum Gasteiger partial charge on any atom is -0.462 e. The van der Waals surface area contributed by atoms with Crippen LogP contribution in [0.5, 0.6) is 0 Å². The Hall–Kier alpha value is -2.73. The Morgan fingerprint density at radius 1 is 1.45 bits per heavy atom. The van der Waals surface area contributed by atoms with Crippen molar-refractivity contribution in [3.05, 3.63) is 12.4 Å². The van der Waals surface area contributed by atoms with Gasteiger partial charge in [0.25, 0.3) is 0 Å². The van der Waals surface area contributed by atoms with Crippen LogP contribution in [-0.4, -0.2) is 37.7 Å². The number of unbranched alkanes of at least 4 members (excludes halogenated alkanes) is 4. The summed E-state index contributed by atoms with van der Waals surface area (Å²) >= 11 is 0. The molecule has 2 unspecified atom stereocenters. The molecule has 29 heavy (non-hydrogen) atoms. The van der Waals surface area contributed by atoms with E-state index in [1.807, 2.05) is 0 Å². The molecule has 1 fully saturated rings. The molecule has 1 aliphatic rings. The number of hydrogen-bond acceptors (Lipinski definition) is 7. The second kappa shape index (κ2) is 9.18. The molecule has 0 aromatic carbocycles. The van der Waals surface area contributed by atoms with Crippen LogP contribution in [0.25, 0.3) is 11.2 Å². The number of halogens is 1. The first kappa shape index (κ1) is 21.0. The normalized spacial score (nSPS) is 21.3. The highest BCUT2D eigenvalue weighted by molar-refractivity contribution is 5.81. The molecular weight excluding hydrogens is 377 g/mol. The number of anilines is 1. The summed E-state index contributed by atoms with van der Waals surface area (Å²) in [6.07, 6.45) is 12.4. The number of rotatable bonds is 9. The number of esters is 1. The summed E-state index contributed by atoms with van der Waals surface area (Å²) < 4.78 is 26.5. The molecule has 3 heterocycles. The van der Waals surface area contributed by atoms with Crippen LogP contribution < -0.4 is 5.73 Å². The van der Waals surface area contributed by atoms with Gasteiger partial charge in [-0.1, -0.05) is 38.5 Å². The van der Waals surface area contributed by atoms with Gasteiger partial charge in [0.15, 0.2) is 22.6 Å². The predicted molar refractivity (Wildman–Crippen MR) is 105 cm³/mol. The van der Waals surface area contributed by atoms with Crippen molar-refractivity contribution in [1.29, 1.82) is 0 Å². The van der Waals surface area contributed by atoms with Gasteiger partial charge < -0.3 is 15.2 Å². The molecule has 0 saturated carbocycles. The Morgan fingerprint density at radius 3 is 3.00 bits per heavy atom. The second-order valence-corrected chi connectivity index (χ2v) is 7.28. The van der Waals surface area contributed by atoms with Crippen molar-refractivity contribution >= 4 is 23.0 Å². The summed E-state index contributed by atoms with van der Waals surface area (Å²) in [5, 5.41) is 0. The SMILES string of the molecule is C#CC1(COC(=O)CCCCCCC)CCC(n2cnc3c(N)nc(F)nc32)O1. The van der Waals surface area contributed by atoms with Crippen molar-refractivity contribution in [3.8, 4) is 12.3 Å². The van der Waals surface area contributed by atoms with Gasteiger partial charge in [-0.15, -0.1) is 6.42 Å². The smallest absolute Gasteiger partial charge is 0.312 e. The van der Waals surface area contributed by atoms with Crippen molar-refractivity contribution in [2.75, 3.05) is 12.3 Å². The third-order valence-electron chi connectivity index (χ3n) is 5.10. The maximum absolute atomic E-state index is 13.6. The first-order chi connectivity index (χ1) is 14.0. The van der Waals surface area contributed by atoms with Gasteiger partial charge in [0, 0.05) is 6.42 Å². The third-order valence-corrected chi connectivity index (χ3v) is 5.10. The number of nitrogens with zero attached hydrogens (tertiary/aromatic N) is 4. The van der Waals surface area contributed by atoms with Crippen molar-refractivity contribution in [3.63, 3.8) is 0 Å². The van der Waals surface area contributed by atoms with Gasteiger partial charge in [0.2, 0.25) is 0 Å². The zero-order chi connectivity index (χ0) is 20.9. The molecule has 0 radical (unpaired) electrons. The van der Waals surface area contributed by atoms with E-state index in [1.165, 1.54) is 12.7 Å². The summed E-state index contributed by atoms with van der Waals surface area (Å²) in [5.74, 6) is 2.29. The van der Waals surface area contributed by atoms with Crippen LogP contribution in [0.15, 0.2) is 6.33 Å². The summed E-state index contributed by atoms with van der Waals surface area (Å²) in [5.41, 5.74) is 5.19. The highest BCUT2D eigenvalue weighted by Gasteiger charge is 2.41. The van der Waals surface area contributed by atoms with Gasteiger partial charge in [-0.25, -0.2) is 4.98 Å². The van der Waals surface area contributed by atoms with E-state index in [9.17, 15) is 9.18 Å². The molecule has 9 heteroatoms. The topological polar surface area (TPSA) is 105 Å². The maximum Gasteiger partial charge on any atom is 0.312 e. The van der Waals surface area contributed by atoms with E-state index in [0.29, 0.717) is 24.8 Å². The van der Waals surface area contributed by atoms with Crippen molar-refractivity contribution < 1.29 is 18.7 Å². The standard InChI is InChI=1S/C20H26FN5O3/c1-3-5-6-7-8-9-15(27)28-12-20(4-2)11-10-14(29-20)26-13-23-16-17(22)24-19(21)25-18(16)26/h2,13-14H,3,5-12H2,1H3,(H2,22,24,25). The highest BCUT2D eigenvalue weighted by Crippen LogP contribution is 2.38. The lowest BCUT2D eigenvalue weighted by Gasteiger charge is -2.23. The number of imidazole rings is 1. The van der Waals surface area contributed by atoms with Crippen LogP contribution >= 0.6 is 0 Å². The Bertz CT molecular complexity index is 909. The van der Waals surface area contributed by atoms with Gasteiger partial charge in [-0.05, 0) is 19.3 Å². The van der Waals surface area contributed by atoms with E-state index in [4.69, 9.17) is 21.6 Å². The summed E-state index contributed by atoms with van der Waals surface area (Å²) in [7, 11) is 0. The second-order valence-electron chi connectivity index (χ2n) is 7.28. The van der Waals surface area contributed by atoms with Crippen LogP contribution in [-0.2, 0) is 14.3 Å². The minimum atomic E-state index is -1.03. The summed E-state index contributed by atoms with van der Waals surface area (Å²) in [4.78, 5) is 23.4. The summed E-state index contributed by atoms with van der Waals surface area (Å²) in [6.45, 7) is 2.12. The van der Waals surface area contributed by atoms with Crippen LogP contribution in [0, 0.1) is 18.4 Å². The Morgan fingerprint density at radius 2 is 2.24 bits per heavy atom. The molecule has 3 rings (SSSR count).